The average Bonchev–Trinajstić information content (AvgIpc) is 3.07. The molecule has 2 heterocycles. The summed E-state index contributed by atoms with van der Waals surface area (Å²) in [6, 6.07) is 22.8. The molecule has 0 radical (unpaired) electrons. The summed E-state index contributed by atoms with van der Waals surface area (Å²) in [6.45, 7) is 0.362. The number of rotatable bonds is 5. The van der Waals surface area contributed by atoms with Crippen molar-refractivity contribution >= 4 is 34.6 Å². The molecule has 0 saturated carbocycles. The van der Waals surface area contributed by atoms with Gasteiger partial charge in [0.2, 0.25) is 0 Å². The number of amidine groups is 1. The first-order valence-electron chi connectivity index (χ1n) is 8.74. The Morgan fingerprint density at radius 1 is 1.00 bits per heavy atom. The van der Waals surface area contributed by atoms with Crippen molar-refractivity contribution in [2.45, 2.75) is 6.61 Å². The second kappa shape index (κ2) is 8.54. The quantitative estimate of drug-likeness (QED) is 0.652. The molecule has 0 atom stereocenters. The van der Waals surface area contributed by atoms with Crippen LogP contribution in [0.3, 0.4) is 0 Å². The summed E-state index contributed by atoms with van der Waals surface area (Å²) in [5, 5.41) is 3.37. The van der Waals surface area contributed by atoms with E-state index in [-0.39, 0.29) is 5.91 Å². The third-order valence-electron chi connectivity index (χ3n) is 3.95. The maximum Gasteiger partial charge on any atom is 0.264 e. The van der Waals surface area contributed by atoms with Gasteiger partial charge in [-0.15, -0.1) is 0 Å². The van der Waals surface area contributed by atoms with Crippen LogP contribution < -0.4 is 10.1 Å². The summed E-state index contributed by atoms with van der Waals surface area (Å²) in [5.41, 5.74) is 2.47. The first-order valence-corrected chi connectivity index (χ1v) is 9.56. The van der Waals surface area contributed by atoms with E-state index >= 15 is 0 Å². The predicted molar refractivity (Wildman–Crippen MR) is 112 cm³/mol. The Labute approximate surface area is 167 Å². The Morgan fingerprint density at radius 3 is 2.61 bits per heavy atom. The van der Waals surface area contributed by atoms with Crippen LogP contribution in [0.4, 0.5) is 5.69 Å². The summed E-state index contributed by atoms with van der Waals surface area (Å²) in [4.78, 5) is 21.6. The van der Waals surface area contributed by atoms with Crippen LogP contribution in [-0.2, 0) is 11.4 Å². The van der Waals surface area contributed by atoms with Crippen LogP contribution in [0.1, 0.15) is 11.3 Å². The lowest BCUT2D eigenvalue weighted by molar-refractivity contribution is -0.115. The van der Waals surface area contributed by atoms with Gasteiger partial charge in [-0.2, -0.15) is 0 Å². The molecule has 0 bridgehead atoms. The van der Waals surface area contributed by atoms with E-state index in [1.165, 1.54) is 11.8 Å². The number of aromatic nitrogens is 1. The second-order valence-electron chi connectivity index (χ2n) is 5.96. The fourth-order valence-electron chi connectivity index (χ4n) is 2.61. The second-order valence-corrected chi connectivity index (χ2v) is 7.00. The van der Waals surface area contributed by atoms with Crippen molar-refractivity contribution in [2.24, 2.45) is 4.99 Å². The monoisotopic (exact) mass is 387 g/mol. The largest absolute Gasteiger partial charge is 0.487 e. The van der Waals surface area contributed by atoms with Crippen LogP contribution >= 0.6 is 11.8 Å². The van der Waals surface area contributed by atoms with Crippen LogP contribution in [-0.4, -0.2) is 16.1 Å². The van der Waals surface area contributed by atoms with E-state index < -0.39 is 0 Å². The molecule has 28 heavy (non-hydrogen) atoms. The minimum absolute atomic E-state index is 0.167. The number of nitrogens with zero attached hydrogens (tertiary/aromatic N) is 2. The van der Waals surface area contributed by atoms with Gasteiger partial charge >= 0.3 is 0 Å². The minimum atomic E-state index is -0.167. The molecule has 0 spiro atoms. The number of benzene rings is 2. The van der Waals surface area contributed by atoms with E-state index in [0.717, 1.165) is 16.9 Å². The topological polar surface area (TPSA) is 63.6 Å². The van der Waals surface area contributed by atoms with Gasteiger partial charge in [-0.1, -0.05) is 42.5 Å². The van der Waals surface area contributed by atoms with Crippen molar-refractivity contribution in [2.75, 3.05) is 0 Å². The molecule has 3 aromatic rings. The number of ether oxygens (including phenoxy) is 1. The fraction of sp³-hybridized carbons (Fsp3) is 0.0455. The molecule has 1 N–H and O–H groups in total. The van der Waals surface area contributed by atoms with Crippen LogP contribution in [0.5, 0.6) is 5.75 Å². The van der Waals surface area contributed by atoms with E-state index in [2.05, 4.69) is 15.3 Å². The van der Waals surface area contributed by atoms with Crippen molar-refractivity contribution < 1.29 is 9.53 Å². The zero-order valence-electron chi connectivity index (χ0n) is 14.9. The molecule has 0 aliphatic carbocycles. The number of carbonyl (C=O) groups is 1. The third kappa shape index (κ3) is 4.47. The van der Waals surface area contributed by atoms with Gasteiger partial charge in [0, 0.05) is 11.8 Å². The van der Waals surface area contributed by atoms with Crippen LogP contribution in [0.15, 0.2) is 88.9 Å². The standard InChI is InChI=1S/C22H17N3O2S/c26-21-20(28-22(25-21)24-17-9-2-1-3-10-17)14-16-8-4-5-12-19(16)27-15-18-11-6-7-13-23-18/h1-14H,15H2,(H,24,25,26). The Bertz CT molecular complexity index is 1030. The van der Waals surface area contributed by atoms with E-state index in [9.17, 15) is 4.79 Å². The van der Waals surface area contributed by atoms with E-state index in [4.69, 9.17) is 4.74 Å². The molecule has 1 aliphatic rings. The summed E-state index contributed by atoms with van der Waals surface area (Å²) in [7, 11) is 0. The lowest BCUT2D eigenvalue weighted by Crippen LogP contribution is -2.19. The molecule has 6 heteroatoms. The van der Waals surface area contributed by atoms with Crippen molar-refractivity contribution in [3.63, 3.8) is 0 Å². The number of carbonyl (C=O) groups excluding carboxylic acids is 1. The highest BCUT2D eigenvalue weighted by molar-refractivity contribution is 8.18. The molecule has 1 fully saturated rings. The number of hydrogen-bond donors (Lipinski definition) is 1. The van der Waals surface area contributed by atoms with Crippen molar-refractivity contribution in [3.05, 3.63) is 95.2 Å². The van der Waals surface area contributed by atoms with Gasteiger partial charge in [0.25, 0.3) is 5.91 Å². The number of pyridine rings is 1. The third-order valence-corrected chi connectivity index (χ3v) is 4.85. The lowest BCUT2D eigenvalue weighted by Gasteiger charge is -2.09. The highest BCUT2D eigenvalue weighted by atomic mass is 32.2. The smallest absolute Gasteiger partial charge is 0.264 e. The van der Waals surface area contributed by atoms with E-state index in [0.29, 0.717) is 22.4 Å². The molecular formula is C22H17N3O2S. The summed E-state index contributed by atoms with van der Waals surface area (Å²) in [5.74, 6) is 0.529. The van der Waals surface area contributed by atoms with Gasteiger partial charge in [0.05, 0.1) is 16.3 Å². The van der Waals surface area contributed by atoms with Gasteiger partial charge in [-0.3, -0.25) is 9.78 Å². The first-order chi connectivity index (χ1) is 13.8. The van der Waals surface area contributed by atoms with E-state index in [1.54, 1.807) is 6.20 Å². The SMILES string of the molecule is O=C1NC(=Nc2ccccc2)SC1=Cc1ccccc1OCc1ccccn1. The van der Waals surface area contributed by atoms with E-state index in [1.807, 2.05) is 78.9 Å². The molecular weight excluding hydrogens is 370 g/mol. The maximum absolute atomic E-state index is 12.3. The van der Waals surface area contributed by atoms with Crippen molar-refractivity contribution in [3.8, 4) is 5.75 Å². The molecule has 138 valence electrons. The Kier molecular flexibility index (Phi) is 5.49. The highest BCUT2D eigenvalue weighted by Gasteiger charge is 2.24. The number of aliphatic imine (C=N–C) groups is 1. The van der Waals surface area contributed by atoms with Gasteiger partial charge in [-0.05, 0) is 48.2 Å². The summed E-state index contributed by atoms with van der Waals surface area (Å²) < 4.78 is 5.91. The van der Waals surface area contributed by atoms with Crippen LogP contribution in [0.2, 0.25) is 0 Å². The molecule has 0 unspecified atom stereocenters. The Morgan fingerprint density at radius 2 is 1.79 bits per heavy atom. The van der Waals surface area contributed by atoms with Crippen molar-refractivity contribution in [1.29, 1.82) is 0 Å². The number of hydrogen-bond acceptors (Lipinski definition) is 5. The maximum atomic E-state index is 12.3. The number of nitrogens with one attached hydrogen (secondary N) is 1. The molecule has 4 rings (SSSR count). The number of thioether (sulfide) groups is 1. The normalized spacial score (nSPS) is 16.4. The number of amides is 1. The molecule has 1 saturated heterocycles. The molecule has 2 aromatic carbocycles. The van der Waals surface area contributed by atoms with Crippen molar-refractivity contribution in [1.82, 2.24) is 10.3 Å². The zero-order valence-corrected chi connectivity index (χ0v) is 15.7. The molecule has 5 nitrogen and oxygen atoms in total. The average molecular weight is 387 g/mol. The number of para-hydroxylation sites is 2. The Balaban J connectivity index is 1.52. The lowest BCUT2D eigenvalue weighted by atomic mass is 10.2. The van der Waals surface area contributed by atoms with Gasteiger partial charge in [-0.25, -0.2) is 4.99 Å². The summed E-state index contributed by atoms with van der Waals surface area (Å²) >= 11 is 1.31. The predicted octanol–water partition coefficient (Wildman–Crippen LogP) is 4.55. The first kappa shape index (κ1) is 18.0. The fourth-order valence-corrected chi connectivity index (χ4v) is 3.44. The summed E-state index contributed by atoms with van der Waals surface area (Å²) in [6.07, 6.45) is 3.56. The molecule has 1 aliphatic heterocycles. The van der Waals surface area contributed by atoms with Crippen LogP contribution in [0.25, 0.3) is 6.08 Å². The minimum Gasteiger partial charge on any atom is -0.487 e. The van der Waals surface area contributed by atoms with Crippen LogP contribution in [0, 0.1) is 0 Å². The highest BCUT2D eigenvalue weighted by Crippen LogP contribution is 2.30. The van der Waals surface area contributed by atoms with Gasteiger partial charge in [0.15, 0.2) is 5.17 Å². The molecule has 1 aromatic heterocycles. The molecule has 1 amide bonds. The van der Waals surface area contributed by atoms with Gasteiger partial charge < -0.3 is 10.1 Å². The Hall–Kier alpha value is -3.38. The van der Waals surface area contributed by atoms with Gasteiger partial charge in [0.1, 0.15) is 12.4 Å². The zero-order chi connectivity index (χ0) is 19.2.